The molecule has 0 aromatic carbocycles. The molecule has 0 spiro atoms. The fourth-order valence-electron chi connectivity index (χ4n) is 2.19. The molecule has 0 bridgehead atoms. The van der Waals surface area contributed by atoms with E-state index in [9.17, 15) is 4.79 Å². The highest BCUT2D eigenvalue weighted by Crippen LogP contribution is 2.22. The normalized spacial score (nSPS) is 10.8. The predicted molar refractivity (Wildman–Crippen MR) is 87.9 cm³/mol. The van der Waals surface area contributed by atoms with Gasteiger partial charge in [-0.15, -0.1) is 11.3 Å². The zero-order valence-corrected chi connectivity index (χ0v) is 14.0. The number of hydrogen-bond donors (Lipinski definition) is 1. The summed E-state index contributed by atoms with van der Waals surface area (Å²) in [6.45, 7) is 5.97. The Morgan fingerprint density at radius 3 is 2.71 bits per heavy atom. The van der Waals surface area contributed by atoms with Crippen molar-refractivity contribution in [2.75, 3.05) is 13.1 Å². The lowest BCUT2D eigenvalue weighted by Gasteiger charge is -2.21. The second-order valence-electron chi connectivity index (χ2n) is 4.80. The van der Waals surface area contributed by atoms with E-state index in [1.54, 1.807) is 15.9 Å². The minimum absolute atomic E-state index is 0.0917. The summed E-state index contributed by atoms with van der Waals surface area (Å²) in [6.07, 6.45) is 1.92. The highest BCUT2D eigenvalue weighted by molar-refractivity contribution is 7.71. The number of aromatic amines is 1. The minimum Gasteiger partial charge on any atom is -0.341 e. The van der Waals surface area contributed by atoms with Gasteiger partial charge in [0, 0.05) is 13.1 Å². The highest BCUT2D eigenvalue weighted by Gasteiger charge is 2.17. The van der Waals surface area contributed by atoms with Crippen LogP contribution in [0.5, 0.6) is 0 Å². The van der Waals surface area contributed by atoms with Gasteiger partial charge in [0.05, 0.1) is 4.88 Å². The monoisotopic (exact) mass is 324 g/mol. The van der Waals surface area contributed by atoms with Crippen molar-refractivity contribution < 1.29 is 4.79 Å². The number of carbonyl (C=O) groups is 1. The van der Waals surface area contributed by atoms with E-state index < -0.39 is 0 Å². The quantitative estimate of drug-likeness (QED) is 0.795. The van der Waals surface area contributed by atoms with Crippen molar-refractivity contribution >= 4 is 29.5 Å². The Balaban J connectivity index is 2.21. The van der Waals surface area contributed by atoms with E-state index in [1.807, 2.05) is 22.4 Å². The lowest BCUT2D eigenvalue weighted by molar-refractivity contribution is -0.131. The van der Waals surface area contributed by atoms with Crippen LogP contribution < -0.4 is 0 Å². The molecule has 0 radical (unpaired) electrons. The topological polar surface area (TPSA) is 53.9 Å². The lowest BCUT2D eigenvalue weighted by Crippen LogP contribution is -2.35. The third-order valence-electron chi connectivity index (χ3n) is 3.13. The van der Waals surface area contributed by atoms with E-state index in [4.69, 9.17) is 12.2 Å². The summed E-state index contributed by atoms with van der Waals surface area (Å²) in [5.74, 6) is 0.824. The maximum absolute atomic E-state index is 12.5. The molecule has 0 aliphatic carbocycles. The molecule has 0 unspecified atom stereocenters. The molecule has 2 aromatic rings. The lowest BCUT2D eigenvalue weighted by atomic mass is 10.3. The molecule has 0 aliphatic heterocycles. The van der Waals surface area contributed by atoms with Crippen LogP contribution in [0.25, 0.3) is 10.7 Å². The molecule has 0 saturated heterocycles. The summed E-state index contributed by atoms with van der Waals surface area (Å²) in [5, 5.41) is 9.02. The number of hydrogen-bond acceptors (Lipinski definition) is 4. The van der Waals surface area contributed by atoms with E-state index >= 15 is 0 Å². The third kappa shape index (κ3) is 3.79. The van der Waals surface area contributed by atoms with Crippen molar-refractivity contribution in [2.45, 2.75) is 33.2 Å². The van der Waals surface area contributed by atoms with Crippen LogP contribution in [0.4, 0.5) is 0 Å². The predicted octanol–water partition coefficient (Wildman–Crippen LogP) is 3.32. The molecule has 1 amide bonds. The Hall–Kier alpha value is -1.47. The number of H-pyrrole nitrogens is 1. The second-order valence-corrected chi connectivity index (χ2v) is 6.13. The summed E-state index contributed by atoms with van der Waals surface area (Å²) in [7, 11) is 0. The summed E-state index contributed by atoms with van der Waals surface area (Å²) >= 11 is 6.84. The van der Waals surface area contributed by atoms with Crippen LogP contribution in [0.15, 0.2) is 17.5 Å². The average Bonchev–Trinajstić information content (AvgIpc) is 3.09. The van der Waals surface area contributed by atoms with E-state index in [-0.39, 0.29) is 12.5 Å². The van der Waals surface area contributed by atoms with Gasteiger partial charge in [0.15, 0.2) is 10.6 Å². The van der Waals surface area contributed by atoms with Crippen molar-refractivity contribution in [3.05, 3.63) is 22.3 Å². The van der Waals surface area contributed by atoms with Gasteiger partial charge in [0.1, 0.15) is 6.54 Å². The van der Waals surface area contributed by atoms with Crippen molar-refractivity contribution in [3.8, 4) is 10.7 Å². The zero-order valence-electron chi connectivity index (χ0n) is 12.3. The molecule has 0 aliphatic rings. The molecule has 0 fully saturated rings. The molecular formula is C14H20N4OS2. The van der Waals surface area contributed by atoms with Gasteiger partial charge in [-0.2, -0.15) is 5.10 Å². The SMILES string of the molecule is CCCN(CCC)C(=O)Cn1c(-c2cccs2)n[nH]c1=S. The molecule has 0 saturated carbocycles. The van der Waals surface area contributed by atoms with Crippen molar-refractivity contribution in [3.63, 3.8) is 0 Å². The number of carbonyl (C=O) groups excluding carboxylic acids is 1. The fraction of sp³-hybridized carbons (Fsp3) is 0.500. The molecule has 1 N–H and O–H groups in total. The van der Waals surface area contributed by atoms with Crippen LogP contribution in [-0.2, 0) is 11.3 Å². The molecule has 2 rings (SSSR count). The molecule has 114 valence electrons. The van der Waals surface area contributed by atoms with Crippen LogP contribution in [0.3, 0.4) is 0 Å². The van der Waals surface area contributed by atoms with Gasteiger partial charge < -0.3 is 4.90 Å². The van der Waals surface area contributed by atoms with Gasteiger partial charge >= 0.3 is 0 Å². The van der Waals surface area contributed by atoms with Crippen LogP contribution in [0, 0.1) is 4.77 Å². The zero-order chi connectivity index (χ0) is 15.2. The molecule has 0 atom stereocenters. The van der Waals surface area contributed by atoms with Crippen molar-refractivity contribution in [2.24, 2.45) is 0 Å². The Bertz CT molecular complexity index is 624. The largest absolute Gasteiger partial charge is 0.341 e. The minimum atomic E-state index is 0.0917. The molecular weight excluding hydrogens is 304 g/mol. The van der Waals surface area contributed by atoms with Gasteiger partial charge in [-0.1, -0.05) is 19.9 Å². The smallest absolute Gasteiger partial charge is 0.242 e. The molecule has 5 nitrogen and oxygen atoms in total. The van der Waals surface area contributed by atoms with Gasteiger partial charge in [-0.3, -0.25) is 14.5 Å². The van der Waals surface area contributed by atoms with Gasteiger partial charge in [0.2, 0.25) is 5.91 Å². The van der Waals surface area contributed by atoms with Crippen molar-refractivity contribution in [1.29, 1.82) is 0 Å². The number of thiophene rings is 1. The van der Waals surface area contributed by atoms with Gasteiger partial charge in [-0.05, 0) is 36.5 Å². The molecule has 2 aromatic heterocycles. The first kappa shape index (κ1) is 15.9. The van der Waals surface area contributed by atoms with E-state index in [1.165, 1.54) is 0 Å². The second kappa shape index (κ2) is 7.51. The highest BCUT2D eigenvalue weighted by atomic mass is 32.1. The van der Waals surface area contributed by atoms with Crippen LogP contribution >= 0.6 is 23.6 Å². The number of rotatable bonds is 7. The summed E-state index contributed by atoms with van der Waals surface area (Å²) < 4.78 is 2.27. The fourth-order valence-corrected chi connectivity index (χ4v) is 3.11. The Labute approximate surface area is 133 Å². The molecule has 7 heteroatoms. The molecule has 21 heavy (non-hydrogen) atoms. The standard InChI is InChI=1S/C14H20N4OS2/c1-3-7-17(8-4-2)12(19)10-18-13(15-16-14(18)20)11-6-5-9-21-11/h5-6,9H,3-4,7-8,10H2,1-2H3,(H,16,20). The third-order valence-corrected chi connectivity index (χ3v) is 4.31. The van der Waals surface area contributed by atoms with E-state index in [0.29, 0.717) is 4.77 Å². The number of nitrogens with one attached hydrogen (secondary N) is 1. The van der Waals surface area contributed by atoms with Gasteiger partial charge in [-0.25, -0.2) is 0 Å². The summed E-state index contributed by atoms with van der Waals surface area (Å²) in [5.41, 5.74) is 0. The van der Waals surface area contributed by atoms with Crippen LogP contribution in [0.1, 0.15) is 26.7 Å². The van der Waals surface area contributed by atoms with E-state index in [2.05, 4.69) is 24.0 Å². The van der Waals surface area contributed by atoms with Crippen LogP contribution in [-0.4, -0.2) is 38.7 Å². The summed E-state index contributed by atoms with van der Waals surface area (Å²) in [6, 6.07) is 3.94. The average molecular weight is 324 g/mol. The first-order valence-corrected chi connectivity index (χ1v) is 8.43. The maximum atomic E-state index is 12.5. The Morgan fingerprint density at radius 2 is 2.14 bits per heavy atom. The number of aromatic nitrogens is 3. The molecule has 2 heterocycles. The summed E-state index contributed by atoms with van der Waals surface area (Å²) in [4.78, 5) is 15.4. The first-order valence-electron chi connectivity index (χ1n) is 7.14. The number of amides is 1. The Kier molecular flexibility index (Phi) is 5.69. The van der Waals surface area contributed by atoms with Crippen LogP contribution in [0.2, 0.25) is 0 Å². The Morgan fingerprint density at radius 1 is 1.43 bits per heavy atom. The van der Waals surface area contributed by atoms with Crippen molar-refractivity contribution in [1.82, 2.24) is 19.7 Å². The maximum Gasteiger partial charge on any atom is 0.242 e. The van der Waals surface area contributed by atoms with E-state index in [0.717, 1.165) is 36.6 Å². The first-order chi connectivity index (χ1) is 10.2. The van der Waals surface area contributed by atoms with Gasteiger partial charge in [0.25, 0.3) is 0 Å². The number of nitrogens with zero attached hydrogens (tertiary/aromatic N) is 3.